The molecule has 0 spiro atoms. The van der Waals surface area contributed by atoms with E-state index in [0.29, 0.717) is 18.6 Å². The molecule has 126 valence electrons. The number of benzene rings is 2. The third-order valence-corrected chi connectivity index (χ3v) is 5.66. The monoisotopic (exact) mass is 349 g/mol. The SMILES string of the molecule is NC(=O)CC1CCc2ccc(S(=O)(=O)c3cccc(F)c3)cc2O1. The average molecular weight is 349 g/mol. The van der Waals surface area contributed by atoms with E-state index in [-0.39, 0.29) is 22.3 Å². The second kappa shape index (κ2) is 6.24. The smallest absolute Gasteiger partial charge is 0.221 e. The summed E-state index contributed by atoms with van der Waals surface area (Å²) in [4.78, 5) is 10.9. The Balaban J connectivity index is 1.95. The molecule has 0 bridgehead atoms. The number of hydrogen-bond acceptors (Lipinski definition) is 4. The van der Waals surface area contributed by atoms with E-state index in [1.807, 2.05) is 0 Å². The first-order chi connectivity index (χ1) is 11.4. The van der Waals surface area contributed by atoms with E-state index in [1.165, 1.54) is 30.3 Å². The van der Waals surface area contributed by atoms with Gasteiger partial charge in [-0.2, -0.15) is 0 Å². The van der Waals surface area contributed by atoms with Crippen molar-refractivity contribution in [2.24, 2.45) is 5.73 Å². The predicted octanol–water partition coefficient (Wildman–Crippen LogP) is 2.23. The van der Waals surface area contributed by atoms with Gasteiger partial charge in [0, 0.05) is 0 Å². The normalized spacial score (nSPS) is 17.0. The molecule has 1 heterocycles. The van der Waals surface area contributed by atoms with Gasteiger partial charge in [0.2, 0.25) is 15.7 Å². The number of sulfone groups is 1. The molecule has 0 aliphatic carbocycles. The first-order valence-electron chi connectivity index (χ1n) is 7.45. The Labute approximate surface area is 139 Å². The predicted molar refractivity (Wildman–Crippen MR) is 84.8 cm³/mol. The molecule has 2 aromatic rings. The lowest BCUT2D eigenvalue weighted by Gasteiger charge is -2.25. The lowest BCUT2D eigenvalue weighted by Crippen LogP contribution is -2.28. The number of carbonyl (C=O) groups is 1. The zero-order chi connectivity index (χ0) is 17.3. The van der Waals surface area contributed by atoms with Crippen molar-refractivity contribution >= 4 is 15.7 Å². The third kappa shape index (κ3) is 3.26. The highest BCUT2D eigenvalue weighted by Gasteiger charge is 2.25. The third-order valence-electron chi connectivity index (χ3n) is 3.91. The van der Waals surface area contributed by atoms with Gasteiger partial charge in [-0.05, 0) is 48.7 Å². The summed E-state index contributed by atoms with van der Waals surface area (Å²) < 4.78 is 44.3. The lowest BCUT2D eigenvalue weighted by molar-refractivity contribution is -0.119. The molecule has 24 heavy (non-hydrogen) atoms. The van der Waals surface area contributed by atoms with E-state index in [1.54, 1.807) is 6.07 Å². The number of primary amides is 1. The van der Waals surface area contributed by atoms with E-state index in [9.17, 15) is 17.6 Å². The Bertz CT molecular complexity index is 895. The van der Waals surface area contributed by atoms with Gasteiger partial charge in [0.25, 0.3) is 0 Å². The Kier molecular flexibility index (Phi) is 4.28. The molecule has 1 aliphatic heterocycles. The van der Waals surface area contributed by atoms with Crippen molar-refractivity contribution < 1.29 is 22.3 Å². The summed E-state index contributed by atoms with van der Waals surface area (Å²) in [6.07, 6.45) is 1.04. The minimum absolute atomic E-state index is 0.0200. The molecule has 2 aromatic carbocycles. The summed E-state index contributed by atoms with van der Waals surface area (Å²) in [5.74, 6) is -0.663. The van der Waals surface area contributed by atoms with Crippen LogP contribution < -0.4 is 10.5 Å². The average Bonchev–Trinajstić information content (AvgIpc) is 2.53. The Morgan fingerprint density at radius 3 is 2.67 bits per heavy atom. The Morgan fingerprint density at radius 2 is 1.96 bits per heavy atom. The van der Waals surface area contributed by atoms with Gasteiger partial charge in [0.05, 0.1) is 16.2 Å². The van der Waals surface area contributed by atoms with Gasteiger partial charge in [-0.1, -0.05) is 12.1 Å². The van der Waals surface area contributed by atoms with Crippen molar-refractivity contribution in [2.45, 2.75) is 35.2 Å². The van der Waals surface area contributed by atoms with Crippen molar-refractivity contribution in [1.29, 1.82) is 0 Å². The highest BCUT2D eigenvalue weighted by atomic mass is 32.2. The maximum Gasteiger partial charge on any atom is 0.221 e. The molecule has 0 fully saturated rings. The molecule has 5 nitrogen and oxygen atoms in total. The molecule has 0 saturated heterocycles. The molecule has 7 heteroatoms. The number of nitrogens with two attached hydrogens (primary N) is 1. The van der Waals surface area contributed by atoms with Gasteiger partial charge in [0.1, 0.15) is 17.7 Å². The minimum Gasteiger partial charge on any atom is -0.490 e. The van der Waals surface area contributed by atoms with Gasteiger partial charge in [-0.25, -0.2) is 12.8 Å². The summed E-state index contributed by atoms with van der Waals surface area (Å²) in [5.41, 5.74) is 6.05. The number of rotatable bonds is 4. The second-order valence-corrected chi connectivity index (χ2v) is 7.63. The van der Waals surface area contributed by atoms with Crippen LogP contribution >= 0.6 is 0 Å². The summed E-state index contributed by atoms with van der Waals surface area (Å²) in [6, 6.07) is 9.44. The van der Waals surface area contributed by atoms with Crippen molar-refractivity contribution in [2.75, 3.05) is 0 Å². The lowest BCUT2D eigenvalue weighted by atomic mass is 10.0. The van der Waals surface area contributed by atoms with Crippen LogP contribution in [0.4, 0.5) is 4.39 Å². The Morgan fingerprint density at radius 1 is 1.21 bits per heavy atom. The van der Waals surface area contributed by atoms with Gasteiger partial charge >= 0.3 is 0 Å². The fourth-order valence-corrected chi connectivity index (χ4v) is 4.02. The quantitative estimate of drug-likeness (QED) is 0.917. The highest BCUT2D eigenvalue weighted by molar-refractivity contribution is 7.91. The van der Waals surface area contributed by atoms with E-state index in [4.69, 9.17) is 10.5 Å². The topological polar surface area (TPSA) is 86.5 Å². The van der Waals surface area contributed by atoms with Crippen molar-refractivity contribution in [3.8, 4) is 5.75 Å². The molecule has 1 aliphatic rings. The zero-order valence-corrected chi connectivity index (χ0v) is 13.6. The molecule has 3 rings (SSSR count). The largest absolute Gasteiger partial charge is 0.490 e. The van der Waals surface area contributed by atoms with E-state index >= 15 is 0 Å². The summed E-state index contributed by atoms with van der Waals surface area (Å²) in [5, 5.41) is 0. The van der Waals surface area contributed by atoms with E-state index in [0.717, 1.165) is 11.6 Å². The second-order valence-electron chi connectivity index (χ2n) is 5.68. The molecule has 2 N–H and O–H groups in total. The standard InChI is InChI=1S/C17H16FNO4S/c18-12-2-1-3-14(8-12)24(21,22)15-7-5-11-4-6-13(9-17(19)20)23-16(11)10-15/h1-3,5,7-8,10,13H,4,6,9H2,(H2,19,20). The van der Waals surface area contributed by atoms with Gasteiger partial charge in [-0.15, -0.1) is 0 Å². The number of hydrogen-bond donors (Lipinski definition) is 1. The number of carbonyl (C=O) groups excluding carboxylic acids is 1. The van der Waals surface area contributed by atoms with Crippen molar-refractivity contribution in [3.05, 3.63) is 53.8 Å². The molecule has 0 saturated carbocycles. The Hall–Kier alpha value is -2.41. The molecule has 0 radical (unpaired) electrons. The maximum atomic E-state index is 13.3. The van der Waals surface area contributed by atoms with E-state index in [2.05, 4.69) is 0 Å². The summed E-state index contributed by atoms with van der Waals surface area (Å²) >= 11 is 0. The van der Waals surface area contributed by atoms with Crippen LogP contribution in [0.2, 0.25) is 0 Å². The highest BCUT2D eigenvalue weighted by Crippen LogP contribution is 2.33. The first kappa shape index (κ1) is 16.4. The minimum atomic E-state index is -3.85. The molecule has 0 aromatic heterocycles. The number of aryl methyl sites for hydroxylation is 1. The molecule has 1 amide bonds. The van der Waals surface area contributed by atoms with Gasteiger partial charge < -0.3 is 10.5 Å². The van der Waals surface area contributed by atoms with Crippen LogP contribution in [-0.2, 0) is 21.1 Å². The number of halogens is 1. The van der Waals surface area contributed by atoms with Crippen LogP contribution in [0.5, 0.6) is 5.75 Å². The molecular formula is C17H16FNO4S. The molecular weight excluding hydrogens is 333 g/mol. The van der Waals surface area contributed by atoms with Gasteiger partial charge in [0.15, 0.2) is 0 Å². The number of amides is 1. The van der Waals surface area contributed by atoms with Crippen LogP contribution in [-0.4, -0.2) is 20.4 Å². The van der Waals surface area contributed by atoms with Crippen LogP contribution in [0.25, 0.3) is 0 Å². The van der Waals surface area contributed by atoms with Crippen molar-refractivity contribution in [1.82, 2.24) is 0 Å². The molecule has 1 atom stereocenters. The van der Waals surface area contributed by atoms with Crippen molar-refractivity contribution in [3.63, 3.8) is 0 Å². The summed E-state index contributed by atoms with van der Waals surface area (Å²) in [6.45, 7) is 0. The van der Waals surface area contributed by atoms with Crippen LogP contribution in [0.1, 0.15) is 18.4 Å². The maximum absolute atomic E-state index is 13.3. The van der Waals surface area contributed by atoms with E-state index < -0.39 is 21.6 Å². The fourth-order valence-electron chi connectivity index (χ4n) is 2.71. The fraction of sp³-hybridized carbons (Fsp3) is 0.235. The molecule has 1 unspecified atom stereocenters. The first-order valence-corrected chi connectivity index (χ1v) is 8.93. The zero-order valence-electron chi connectivity index (χ0n) is 12.7. The van der Waals surface area contributed by atoms with Crippen LogP contribution in [0.3, 0.4) is 0 Å². The van der Waals surface area contributed by atoms with Gasteiger partial charge in [-0.3, -0.25) is 4.79 Å². The number of fused-ring (bicyclic) bond motifs is 1. The number of ether oxygens (including phenoxy) is 1. The van der Waals surface area contributed by atoms with Crippen LogP contribution in [0.15, 0.2) is 52.3 Å². The summed E-state index contributed by atoms with van der Waals surface area (Å²) in [7, 11) is -3.85. The van der Waals surface area contributed by atoms with Crippen LogP contribution in [0, 0.1) is 5.82 Å².